The fourth-order valence-corrected chi connectivity index (χ4v) is 1.14. The quantitative estimate of drug-likeness (QED) is 0.532. The molecule has 0 aromatic heterocycles. The predicted octanol–water partition coefficient (Wildman–Crippen LogP) is 2.49. The monoisotopic (exact) mass is 164 g/mol. The van der Waals surface area contributed by atoms with Gasteiger partial charge in [-0.1, -0.05) is 26.0 Å². The summed E-state index contributed by atoms with van der Waals surface area (Å²) in [7, 11) is 0. The van der Waals surface area contributed by atoms with Crippen LogP contribution in [0.1, 0.15) is 31.7 Å². The molecule has 2 nitrogen and oxygen atoms in total. The maximum atomic E-state index is 5.26. The van der Waals surface area contributed by atoms with Gasteiger partial charge in [0.2, 0.25) is 0 Å². The van der Waals surface area contributed by atoms with E-state index < -0.39 is 0 Å². The van der Waals surface area contributed by atoms with Crippen LogP contribution in [0.15, 0.2) is 24.3 Å². The van der Waals surface area contributed by atoms with Crippen molar-refractivity contribution in [1.82, 2.24) is 0 Å². The van der Waals surface area contributed by atoms with Gasteiger partial charge in [-0.2, -0.15) is 0 Å². The number of hydrazine groups is 1. The fourth-order valence-electron chi connectivity index (χ4n) is 1.14. The van der Waals surface area contributed by atoms with Crippen molar-refractivity contribution in [2.45, 2.75) is 26.2 Å². The van der Waals surface area contributed by atoms with Gasteiger partial charge in [-0.05, 0) is 30.0 Å². The maximum absolute atomic E-state index is 5.26. The van der Waals surface area contributed by atoms with E-state index in [0.717, 1.165) is 5.69 Å². The second kappa shape index (κ2) is 4.12. The van der Waals surface area contributed by atoms with Crippen molar-refractivity contribution in [1.29, 1.82) is 0 Å². The van der Waals surface area contributed by atoms with Crippen LogP contribution in [0.25, 0.3) is 0 Å². The largest absolute Gasteiger partial charge is 0.324 e. The van der Waals surface area contributed by atoms with E-state index in [1.165, 1.54) is 12.0 Å². The van der Waals surface area contributed by atoms with E-state index in [1.807, 2.05) is 12.1 Å². The lowest BCUT2D eigenvalue weighted by molar-refractivity contribution is 0.734. The smallest absolute Gasteiger partial charge is 0.0485 e. The average Bonchev–Trinajstić information content (AvgIpc) is 2.17. The third kappa shape index (κ3) is 1.98. The Bertz CT molecular complexity index is 228. The number of anilines is 1. The van der Waals surface area contributed by atoms with Crippen LogP contribution in [-0.4, -0.2) is 0 Å². The zero-order valence-electron chi connectivity index (χ0n) is 7.67. The molecule has 1 rings (SSSR count). The zero-order valence-corrected chi connectivity index (χ0v) is 7.67. The summed E-state index contributed by atoms with van der Waals surface area (Å²) in [6.45, 7) is 4.42. The van der Waals surface area contributed by atoms with Crippen molar-refractivity contribution in [3.63, 3.8) is 0 Å². The summed E-state index contributed by atoms with van der Waals surface area (Å²) >= 11 is 0. The zero-order chi connectivity index (χ0) is 8.97. The molecule has 0 aliphatic heterocycles. The van der Waals surface area contributed by atoms with Crippen LogP contribution < -0.4 is 11.3 Å². The summed E-state index contributed by atoms with van der Waals surface area (Å²) < 4.78 is 0. The topological polar surface area (TPSA) is 38.0 Å². The van der Waals surface area contributed by atoms with Gasteiger partial charge in [-0.3, -0.25) is 5.84 Å². The Kier molecular flexibility index (Phi) is 3.11. The van der Waals surface area contributed by atoms with Gasteiger partial charge < -0.3 is 5.43 Å². The minimum atomic E-state index is 0.636. The Morgan fingerprint density at radius 2 is 1.92 bits per heavy atom. The van der Waals surface area contributed by atoms with Crippen LogP contribution in [0, 0.1) is 0 Å². The van der Waals surface area contributed by atoms with Crippen LogP contribution >= 0.6 is 0 Å². The molecule has 66 valence electrons. The van der Waals surface area contributed by atoms with Crippen molar-refractivity contribution < 1.29 is 0 Å². The molecule has 0 amide bonds. The molecule has 0 radical (unpaired) electrons. The first kappa shape index (κ1) is 9.07. The molecular formula is C10H16N2. The minimum absolute atomic E-state index is 0.636. The van der Waals surface area contributed by atoms with Crippen LogP contribution in [0.2, 0.25) is 0 Å². The molecule has 1 atom stereocenters. The minimum Gasteiger partial charge on any atom is -0.324 e. The molecule has 0 aliphatic rings. The van der Waals surface area contributed by atoms with E-state index in [9.17, 15) is 0 Å². The molecule has 0 unspecified atom stereocenters. The lowest BCUT2D eigenvalue weighted by Gasteiger charge is -2.09. The Balaban J connectivity index is 2.77. The predicted molar refractivity (Wildman–Crippen MR) is 53.0 cm³/mol. The lowest BCUT2D eigenvalue weighted by Crippen LogP contribution is -2.06. The summed E-state index contributed by atoms with van der Waals surface area (Å²) in [5.74, 6) is 5.89. The first-order valence-corrected chi connectivity index (χ1v) is 4.34. The Labute approximate surface area is 73.8 Å². The average molecular weight is 164 g/mol. The van der Waals surface area contributed by atoms with Gasteiger partial charge in [-0.25, -0.2) is 0 Å². The van der Waals surface area contributed by atoms with Gasteiger partial charge in [0, 0.05) is 5.69 Å². The molecule has 0 bridgehead atoms. The highest BCUT2D eigenvalue weighted by Crippen LogP contribution is 2.19. The van der Waals surface area contributed by atoms with Gasteiger partial charge in [0.1, 0.15) is 0 Å². The highest BCUT2D eigenvalue weighted by atomic mass is 15.2. The lowest BCUT2D eigenvalue weighted by atomic mass is 9.99. The molecule has 0 aliphatic carbocycles. The van der Waals surface area contributed by atoms with Crippen LogP contribution in [0.5, 0.6) is 0 Å². The highest BCUT2D eigenvalue weighted by Gasteiger charge is 2.00. The molecule has 1 aromatic carbocycles. The molecule has 0 spiro atoms. The number of nitrogens with one attached hydrogen (secondary N) is 1. The van der Waals surface area contributed by atoms with Crippen molar-refractivity contribution in [2.24, 2.45) is 5.84 Å². The number of benzene rings is 1. The van der Waals surface area contributed by atoms with E-state index in [1.54, 1.807) is 0 Å². The number of nitrogen functional groups attached to an aromatic ring is 1. The number of rotatable bonds is 3. The van der Waals surface area contributed by atoms with Crippen LogP contribution in [0.3, 0.4) is 0 Å². The Hall–Kier alpha value is -1.02. The van der Waals surface area contributed by atoms with Crippen molar-refractivity contribution in [3.8, 4) is 0 Å². The number of nitrogens with two attached hydrogens (primary N) is 1. The summed E-state index contributed by atoms with van der Waals surface area (Å²) in [5.41, 5.74) is 4.94. The Morgan fingerprint density at radius 1 is 1.33 bits per heavy atom. The van der Waals surface area contributed by atoms with E-state index in [-0.39, 0.29) is 0 Å². The van der Waals surface area contributed by atoms with Crippen molar-refractivity contribution in [2.75, 3.05) is 5.43 Å². The summed E-state index contributed by atoms with van der Waals surface area (Å²) in [4.78, 5) is 0. The molecule has 2 heteroatoms. The first-order chi connectivity index (χ1) is 5.77. The van der Waals surface area contributed by atoms with Gasteiger partial charge in [0.05, 0.1) is 0 Å². The third-order valence-corrected chi connectivity index (χ3v) is 2.26. The molecule has 12 heavy (non-hydrogen) atoms. The second-order valence-corrected chi connectivity index (χ2v) is 3.08. The Morgan fingerprint density at radius 3 is 2.33 bits per heavy atom. The SMILES string of the molecule is CC[C@H](C)c1ccc(NN)cc1. The highest BCUT2D eigenvalue weighted by molar-refractivity contribution is 5.43. The molecule has 0 fully saturated rings. The van der Waals surface area contributed by atoms with Gasteiger partial charge >= 0.3 is 0 Å². The van der Waals surface area contributed by atoms with Gasteiger partial charge in [0.15, 0.2) is 0 Å². The van der Waals surface area contributed by atoms with Crippen molar-refractivity contribution in [3.05, 3.63) is 29.8 Å². The van der Waals surface area contributed by atoms with Gasteiger partial charge in [-0.15, -0.1) is 0 Å². The van der Waals surface area contributed by atoms with E-state index in [4.69, 9.17) is 5.84 Å². The van der Waals surface area contributed by atoms with Crippen LogP contribution in [-0.2, 0) is 0 Å². The molecule has 0 heterocycles. The standard InChI is InChI=1S/C10H16N2/c1-3-8(2)9-4-6-10(12-11)7-5-9/h4-8,12H,3,11H2,1-2H3/t8-/m0/s1. The van der Waals surface area contributed by atoms with E-state index in [2.05, 4.69) is 31.4 Å². The summed E-state index contributed by atoms with van der Waals surface area (Å²) in [6.07, 6.45) is 1.18. The molecule has 1 aromatic rings. The third-order valence-electron chi connectivity index (χ3n) is 2.26. The fraction of sp³-hybridized carbons (Fsp3) is 0.400. The number of hydrogen-bond acceptors (Lipinski definition) is 2. The van der Waals surface area contributed by atoms with Gasteiger partial charge in [0.25, 0.3) is 0 Å². The van der Waals surface area contributed by atoms with E-state index >= 15 is 0 Å². The van der Waals surface area contributed by atoms with E-state index in [0.29, 0.717) is 5.92 Å². The summed E-state index contributed by atoms with van der Waals surface area (Å²) in [6, 6.07) is 8.23. The maximum Gasteiger partial charge on any atom is 0.0485 e. The second-order valence-electron chi connectivity index (χ2n) is 3.08. The molecule has 0 saturated carbocycles. The number of hydrogen-bond donors (Lipinski definition) is 2. The summed E-state index contributed by atoms with van der Waals surface area (Å²) in [5, 5.41) is 0. The molecular weight excluding hydrogens is 148 g/mol. The molecule has 3 N–H and O–H groups in total. The first-order valence-electron chi connectivity index (χ1n) is 4.34. The van der Waals surface area contributed by atoms with Crippen LogP contribution in [0.4, 0.5) is 5.69 Å². The normalized spacial score (nSPS) is 12.6. The van der Waals surface area contributed by atoms with Crippen molar-refractivity contribution >= 4 is 5.69 Å². The molecule has 0 saturated heterocycles.